The van der Waals surface area contributed by atoms with Crippen LogP contribution in [0.15, 0.2) is 0 Å². The van der Waals surface area contributed by atoms with Crippen LogP contribution in [0.4, 0.5) is 0 Å². The fourth-order valence-electron chi connectivity index (χ4n) is 2.04. The van der Waals surface area contributed by atoms with Crippen molar-refractivity contribution in [3.63, 3.8) is 0 Å². The summed E-state index contributed by atoms with van der Waals surface area (Å²) >= 11 is 0. The molecule has 17 heavy (non-hydrogen) atoms. The van der Waals surface area contributed by atoms with Crippen molar-refractivity contribution >= 4 is 0 Å². The quantitative estimate of drug-likeness (QED) is 0.665. The highest BCUT2D eigenvalue weighted by Crippen LogP contribution is 2.18. The van der Waals surface area contributed by atoms with Gasteiger partial charge in [0.1, 0.15) is 0 Å². The average Bonchev–Trinajstić information content (AvgIpc) is 2.38. The molecule has 0 aromatic rings. The molecule has 0 amide bonds. The molecular formula is C14H29NO2. The molecular weight excluding hydrogens is 214 g/mol. The topological polar surface area (TPSA) is 30.5 Å². The summed E-state index contributed by atoms with van der Waals surface area (Å²) in [6, 6.07) is 0. The van der Waals surface area contributed by atoms with E-state index in [1.807, 2.05) is 0 Å². The van der Waals surface area contributed by atoms with Crippen molar-refractivity contribution in [2.45, 2.75) is 64.6 Å². The Labute approximate surface area is 106 Å². The maximum Gasteiger partial charge on any atom is 0.0808 e. The SMILES string of the molecule is CCCNCC(C)(CC)OCC1CCCCO1. The smallest absolute Gasteiger partial charge is 0.0808 e. The van der Waals surface area contributed by atoms with Gasteiger partial charge in [-0.1, -0.05) is 13.8 Å². The molecule has 1 heterocycles. The van der Waals surface area contributed by atoms with E-state index < -0.39 is 0 Å². The van der Waals surface area contributed by atoms with Crippen molar-refractivity contribution in [2.24, 2.45) is 0 Å². The van der Waals surface area contributed by atoms with Crippen LogP contribution in [0, 0.1) is 0 Å². The summed E-state index contributed by atoms with van der Waals surface area (Å²) < 4.78 is 11.8. The third-order valence-electron chi connectivity index (χ3n) is 3.57. The van der Waals surface area contributed by atoms with E-state index in [-0.39, 0.29) is 5.60 Å². The van der Waals surface area contributed by atoms with Gasteiger partial charge in [-0.25, -0.2) is 0 Å². The van der Waals surface area contributed by atoms with E-state index in [2.05, 4.69) is 26.1 Å². The molecule has 0 radical (unpaired) electrons. The second-order valence-corrected chi connectivity index (χ2v) is 5.28. The number of rotatable bonds is 8. The first kappa shape index (κ1) is 14.9. The predicted molar refractivity (Wildman–Crippen MR) is 71.4 cm³/mol. The maximum absolute atomic E-state index is 6.08. The summed E-state index contributed by atoms with van der Waals surface area (Å²) in [6.45, 7) is 10.2. The lowest BCUT2D eigenvalue weighted by Crippen LogP contribution is -2.42. The van der Waals surface area contributed by atoms with Crippen molar-refractivity contribution in [1.82, 2.24) is 5.32 Å². The van der Waals surface area contributed by atoms with Crippen molar-refractivity contribution < 1.29 is 9.47 Å². The van der Waals surface area contributed by atoms with Crippen molar-refractivity contribution in [2.75, 3.05) is 26.3 Å². The molecule has 1 saturated heterocycles. The van der Waals surface area contributed by atoms with E-state index in [1.165, 1.54) is 19.3 Å². The fourth-order valence-corrected chi connectivity index (χ4v) is 2.04. The van der Waals surface area contributed by atoms with Gasteiger partial charge >= 0.3 is 0 Å². The van der Waals surface area contributed by atoms with Gasteiger partial charge in [0.15, 0.2) is 0 Å². The summed E-state index contributed by atoms with van der Waals surface area (Å²) in [4.78, 5) is 0. The number of nitrogens with one attached hydrogen (secondary N) is 1. The largest absolute Gasteiger partial charge is 0.376 e. The predicted octanol–water partition coefficient (Wildman–Crippen LogP) is 2.74. The maximum atomic E-state index is 6.08. The van der Waals surface area contributed by atoms with Crippen molar-refractivity contribution in [1.29, 1.82) is 0 Å². The highest BCUT2D eigenvalue weighted by atomic mass is 16.5. The lowest BCUT2D eigenvalue weighted by Gasteiger charge is -2.32. The minimum absolute atomic E-state index is 0.0457. The molecule has 0 aromatic heterocycles. The minimum atomic E-state index is -0.0457. The average molecular weight is 243 g/mol. The van der Waals surface area contributed by atoms with Gasteiger partial charge in [-0.15, -0.1) is 0 Å². The molecule has 3 nitrogen and oxygen atoms in total. The zero-order chi connectivity index (χ0) is 12.6. The summed E-state index contributed by atoms with van der Waals surface area (Å²) in [5.74, 6) is 0. The summed E-state index contributed by atoms with van der Waals surface area (Å²) in [5.41, 5.74) is -0.0457. The second kappa shape index (κ2) is 8.06. The third-order valence-corrected chi connectivity index (χ3v) is 3.57. The van der Waals surface area contributed by atoms with Gasteiger partial charge in [0, 0.05) is 13.2 Å². The first-order chi connectivity index (χ1) is 8.20. The molecule has 0 spiro atoms. The van der Waals surface area contributed by atoms with Gasteiger partial charge in [0.2, 0.25) is 0 Å². The summed E-state index contributed by atoms with van der Waals surface area (Å²) in [6.07, 6.45) is 6.18. The molecule has 3 heteroatoms. The molecule has 1 rings (SSSR count). The Hall–Kier alpha value is -0.120. The van der Waals surface area contributed by atoms with Gasteiger partial charge in [0.25, 0.3) is 0 Å². The molecule has 2 unspecified atom stereocenters. The lowest BCUT2D eigenvalue weighted by atomic mass is 10.0. The minimum Gasteiger partial charge on any atom is -0.376 e. The third kappa shape index (κ3) is 5.84. The van der Waals surface area contributed by atoms with Crippen LogP contribution in [0.3, 0.4) is 0 Å². The summed E-state index contributed by atoms with van der Waals surface area (Å²) in [5, 5.41) is 3.45. The zero-order valence-electron chi connectivity index (χ0n) is 11.8. The highest BCUT2D eigenvalue weighted by Gasteiger charge is 2.24. The van der Waals surface area contributed by atoms with E-state index in [9.17, 15) is 0 Å². The van der Waals surface area contributed by atoms with Gasteiger partial charge in [0.05, 0.1) is 18.3 Å². The molecule has 0 aromatic carbocycles. The number of hydrogen-bond acceptors (Lipinski definition) is 3. The fraction of sp³-hybridized carbons (Fsp3) is 1.00. The van der Waals surface area contributed by atoms with Crippen LogP contribution in [0.5, 0.6) is 0 Å². The van der Waals surface area contributed by atoms with Gasteiger partial charge in [-0.3, -0.25) is 0 Å². The molecule has 0 saturated carbocycles. The normalized spacial score (nSPS) is 24.5. The second-order valence-electron chi connectivity index (χ2n) is 5.28. The van der Waals surface area contributed by atoms with Crippen molar-refractivity contribution in [3.8, 4) is 0 Å². The molecule has 1 aliphatic heterocycles. The lowest BCUT2D eigenvalue weighted by molar-refractivity contribution is -0.100. The molecule has 2 atom stereocenters. The molecule has 1 N–H and O–H groups in total. The molecule has 102 valence electrons. The monoisotopic (exact) mass is 243 g/mol. The highest BCUT2D eigenvalue weighted by molar-refractivity contribution is 4.77. The molecule has 1 aliphatic rings. The molecule has 0 bridgehead atoms. The van der Waals surface area contributed by atoms with Crippen LogP contribution < -0.4 is 5.32 Å². The Morgan fingerprint density at radius 1 is 1.35 bits per heavy atom. The number of hydrogen-bond donors (Lipinski definition) is 1. The van der Waals surface area contributed by atoms with Gasteiger partial charge in [-0.05, 0) is 45.6 Å². The van der Waals surface area contributed by atoms with Crippen LogP contribution in [0.25, 0.3) is 0 Å². The van der Waals surface area contributed by atoms with E-state index in [4.69, 9.17) is 9.47 Å². The first-order valence-corrected chi connectivity index (χ1v) is 7.16. The Morgan fingerprint density at radius 2 is 2.18 bits per heavy atom. The zero-order valence-corrected chi connectivity index (χ0v) is 11.8. The van der Waals surface area contributed by atoms with E-state index in [0.717, 1.165) is 39.1 Å². The summed E-state index contributed by atoms with van der Waals surface area (Å²) in [7, 11) is 0. The standard InChI is InChI=1S/C14H29NO2/c1-4-9-15-12-14(3,5-2)17-11-13-8-6-7-10-16-13/h13,15H,4-12H2,1-3H3. The molecule has 1 fully saturated rings. The first-order valence-electron chi connectivity index (χ1n) is 7.16. The Morgan fingerprint density at radius 3 is 2.76 bits per heavy atom. The van der Waals surface area contributed by atoms with E-state index >= 15 is 0 Å². The Bertz CT molecular complexity index is 193. The number of ether oxygens (including phenoxy) is 2. The molecule has 0 aliphatic carbocycles. The van der Waals surface area contributed by atoms with Crippen LogP contribution in [0.2, 0.25) is 0 Å². The van der Waals surface area contributed by atoms with Crippen LogP contribution in [0.1, 0.15) is 52.9 Å². The van der Waals surface area contributed by atoms with Gasteiger partial charge in [-0.2, -0.15) is 0 Å². The van der Waals surface area contributed by atoms with Gasteiger partial charge < -0.3 is 14.8 Å². The Balaban J connectivity index is 2.23. The van der Waals surface area contributed by atoms with Crippen molar-refractivity contribution in [3.05, 3.63) is 0 Å². The Kier molecular flexibility index (Phi) is 7.09. The van der Waals surface area contributed by atoms with E-state index in [1.54, 1.807) is 0 Å². The van der Waals surface area contributed by atoms with E-state index in [0.29, 0.717) is 6.10 Å². The van der Waals surface area contributed by atoms with Crippen LogP contribution in [-0.4, -0.2) is 38.0 Å². The van der Waals surface area contributed by atoms with Crippen LogP contribution >= 0.6 is 0 Å². The van der Waals surface area contributed by atoms with Crippen LogP contribution in [-0.2, 0) is 9.47 Å².